The van der Waals surface area contributed by atoms with E-state index in [0.717, 1.165) is 18.0 Å². The number of thioether (sulfide) groups is 1. The molecule has 1 N–H and O–H groups in total. The third kappa shape index (κ3) is 8.63. The van der Waals surface area contributed by atoms with Crippen molar-refractivity contribution in [2.75, 3.05) is 38.3 Å². The lowest BCUT2D eigenvalue weighted by Gasteiger charge is -2.17. The topological polar surface area (TPSA) is 41.6 Å². The highest BCUT2D eigenvalue weighted by molar-refractivity contribution is 8.01. The Labute approximate surface area is 132 Å². The molecule has 0 aliphatic carbocycles. The lowest BCUT2D eigenvalue weighted by atomic mass is 10.3. The molecule has 118 valence electrons. The summed E-state index contributed by atoms with van der Waals surface area (Å²) in [4.78, 5) is 13.9. The smallest absolute Gasteiger partial charge is 0.234 e. The minimum absolute atomic E-state index is 0.0243. The Bertz CT molecular complexity index is 439. The van der Waals surface area contributed by atoms with Crippen LogP contribution in [0.15, 0.2) is 24.3 Å². The Hall–Kier alpha value is -1.20. The molecule has 5 heteroatoms. The fraction of sp³-hybridized carbons (Fsp3) is 0.562. The van der Waals surface area contributed by atoms with Crippen molar-refractivity contribution in [3.63, 3.8) is 0 Å². The van der Waals surface area contributed by atoms with E-state index < -0.39 is 0 Å². The van der Waals surface area contributed by atoms with E-state index in [2.05, 4.69) is 31.0 Å². The summed E-state index contributed by atoms with van der Waals surface area (Å²) in [5.74, 6) is 1.31. The summed E-state index contributed by atoms with van der Waals surface area (Å²) in [6, 6.07) is 7.49. The van der Waals surface area contributed by atoms with Gasteiger partial charge in [-0.25, -0.2) is 0 Å². The number of nitrogens with zero attached hydrogens (tertiary/aromatic N) is 1. The number of likely N-dealkylation sites (N-methyl/N-ethyl adjacent to an activating group) is 1. The van der Waals surface area contributed by atoms with Crippen LogP contribution in [0.2, 0.25) is 0 Å². The zero-order chi connectivity index (χ0) is 15.9. The number of amides is 1. The molecule has 0 aliphatic rings. The molecular formula is C16H26N2O2S. The number of carbonyl (C=O) groups excluding carboxylic acids is 1. The van der Waals surface area contributed by atoms with Gasteiger partial charge in [-0.3, -0.25) is 4.79 Å². The first-order valence-electron chi connectivity index (χ1n) is 7.08. The van der Waals surface area contributed by atoms with E-state index >= 15 is 0 Å². The molecule has 0 saturated heterocycles. The van der Waals surface area contributed by atoms with E-state index in [-0.39, 0.29) is 10.7 Å². The summed E-state index contributed by atoms with van der Waals surface area (Å²) in [7, 11) is 4.02. The molecule has 1 aromatic carbocycles. The number of rotatable bonds is 7. The number of nitrogens with one attached hydrogen (secondary N) is 1. The van der Waals surface area contributed by atoms with Crippen LogP contribution in [0.3, 0.4) is 0 Å². The molecule has 0 bridgehead atoms. The van der Waals surface area contributed by atoms with Gasteiger partial charge in [-0.15, -0.1) is 11.8 Å². The maximum absolute atomic E-state index is 11.8. The summed E-state index contributed by atoms with van der Waals surface area (Å²) in [6.07, 6.45) is 0. The SMILES string of the molecule is CN(C)CCOc1ccc(NC(=O)CSC(C)(C)C)cc1. The first kappa shape index (κ1) is 17.9. The molecule has 1 aromatic rings. The van der Waals surface area contributed by atoms with Gasteiger partial charge < -0.3 is 15.0 Å². The van der Waals surface area contributed by atoms with Crippen LogP contribution >= 0.6 is 11.8 Å². The van der Waals surface area contributed by atoms with Crippen molar-refractivity contribution in [3.05, 3.63) is 24.3 Å². The van der Waals surface area contributed by atoms with Crippen molar-refractivity contribution >= 4 is 23.4 Å². The molecule has 0 atom stereocenters. The number of hydrogen-bond acceptors (Lipinski definition) is 4. The zero-order valence-corrected chi connectivity index (χ0v) is 14.4. The molecule has 0 fully saturated rings. The Morgan fingerprint density at radius 1 is 1.24 bits per heavy atom. The van der Waals surface area contributed by atoms with Gasteiger partial charge >= 0.3 is 0 Å². The maximum Gasteiger partial charge on any atom is 0.234 e. The van der Waals surface area contributed by atoms with Crippen LogP contribution in [0, 0.1) is 0 Å². The van der Waals surface area contributed by atoms with Crippen LogP contribution in [0.5, 0.6) is 5.75 Å². The Morgan fingerprint density at radius 2 is 1.86 bits per heavy atom. The molecule has 1 amide bonds. The number of anilines is 1. The highest BCUT2D eigenvalue weighted by atomic mass is 32.2. The monoisotopic (exact) mass is 310 g/mol. The lowest BCUT2D eigenvalue weighted by molar-refractivity contribution is -0.113. The molecule has 1 rings (SSSR count). The van der Waals surface area contributed by atoms with E-state index in [4.69, 9.17) is 4.74 Å². The maximum atomic E-state index is 11.8. The molecule has 0 spiro atoms. The van der Waals surface area contributed by atoms with Gasteiger partial charge in [0.15, 0.2) is 0 Å². The molecule has 0 unspecified atom stereocenters. The van der Waals surface area contributed by atoms with Crippen molar-refractivity contribution in [2.24, 2.45) is 0 Å². The largest absolute Gasteiger partial charge is 0.492 e. The van der Waals surface area contributed by atoms with Gasteiger partial charge in [0.1, 0.15) is 12.4 Å². The van der Waals surface area contributed by atoms with Gasteiger partial charge in [0, 0.05) is 17.0 Å². The van der Waals surface area contributed by atoms with Crippen LogP contribution in [0.4, 0.5) is 5.69 Å². The van der Waals surface area contributed by atoms with E-state index in [1.165, 1.54) is 0 Å². The first-order chi connectivity index (χ1) is 9.76. The first-order valence-corrected chi connectivity index (χ1v) is 8.06. The third-order valence-electron chi connectivity index (χ3n) is 2.58. The molecule has 0 aliphatic heterocycles. The number of carbonyl (C=O) groups is 1. The van der Waals surface area contributed by atoms with Crippen LogP contribution in [0.25, 0.3) is 0 Å². The highest BCUT2D eigenvalue weighted by Gasteiger charge is 2.13. The molecular weight excluding hydrogens is 284 g/mol. The average molecular weight is 310 g/mol. The van der Waals surface area contributed by atoms with Gasteiger partial charge in [0.25, 0.3) is 0 Å². The quantitative estimate of drug-likeness (QED) is 0.840. The summed E-state index contributed by atoms with van der Waals surface area (Å²) >= 11 is 1.64. The van der Waals surface area contributed by atoms with Crippen molar-refractivity contribution < 1.29 is 9.53 Å². The second-order valence-electron chi connectivity index (χ2n) is 6.13. The summed E-state index contributed by atoms with van der Waals surface area (Å²) in [5, 5.41) is 2.89. The minimum atomic E-state index is 0.0243. The van der Waals surface area contributed by atoms with Gasteiger partial charge in [-0.05, 0) is 38.4 Å². The summed E-state index contributed by atoms with van der Waals surface area (Å²) in [5.41, 5.74) is 0.800. The fourth-order valence-electron chi connectivity index (χ4n) is 1.46. The Kier molecular flexibility index (Phi) is 7.05. The van der Waals surface area contributed by atoms with E-state index in [9.17, 15) is 4.79 Å². The summed E-state index contributed by atoms with van der Waals surface area (Å²) in [6.45, 7) is 7.84. The van der Waals surface area contributed by atoms with E-state index in [1.807, 2.05) is 38.4 Å². The number of benzene rings is 1. The predicted molar refractivity (Wildman–Crippen MR) is 91.3 cm³/mol. The van der Waals surface area contributed by atoms with Gasteiger partial charge in [0.05, 0.1) is 5.75 Å². The van der Waals surface area contributed by atoms with Crippen LogP contribution in [-0.4, -0.2) is 48.6 Å². The Balaban J connectivity index is 2.38. The summed E-state index contributed by atoms with van der Waals surface area (Å²) < 4.78 is 5.71. The van der Waals surface area contributed by atoms with Gasteiger partial charge in [-0.1, -0.05) is 20.8 Å². The van der Waals surface area contributed by atoms with Crippen molar-refractivity contribution in [1.29, 1.82) is 0 Å². The average Bonchev–Trinajstić information content (AvgIpc) is 2.37. The van der Waals surface area contributed by atoms with E-state index in [1.54, 1.807) is 11.8 Å². The van der Waals surface area contributed by atoms with Crippen molar-refractivity contribution in [2.45, 2.75) is 25.5 Å². The molecule has 0 aromatic heterocycles. The van der Waals surface area contributed by atoms with Crippen LogP contribution in [-0.2, 0) is 4.79 Å². The molecule has 21 heavy (non-hydrogen) atoms. The van der Waals surface area contributed by atoms with Crippen LogP contribution in [0.1, 0.15) is 20.8 Å². The van der Waals surface area contributed by atoms with Crippen LogP contribution < -0.4 is 10.1 Å². The normalized spacial score (nSPS) is 11.5. The van der Waals surface area contributed by atoms with Crippen molar-refractivity contribution in [1.82, 2.24) is 4.90 Å². The number of ether oxygens (including phenoxy) is 1. The predicted octanol–water partition coefficient (Wildman–Crippen LogP) is 3.10. The minimum Gasteiger partial charge on any atom is -0.492 e. The van der Waals surface area contributed by atoms with Gasteiger partial charge in [-0.2, -0.15) is 0 Å². The molecule has 0 heterocycles. The van der Waals surface area contributed by atoms with E-state index in [0.29, 0.717) is 12.4 Å². The fourth-order valence-corrected chi connectivity index (χ4v) is 2.10. The standard InChI is InChI=1S/C16H26N2O2S/c1-16(2,3)21-12-15(19)17-13-6-8-14(9-7-13)20-11-10-18(4)5/h6-9H,10-12H2,1-5H3,(H,17,19). The Morgan fingerprint density at radius 3 is 2.38 bits per heavy atom. The highest BCUT2D eigenvalue weighted by Crippen LogP contribution is 2.23. The molecule has 4 nitrogen and oxygen atoms in total. The van der Waals surface area contributed by atoms with Gasteiger partial charge in [0.2, 0.25) is 5.91 Å². The van der Waals surface area contributed by atoms with Crippen molar-refractivity contribution in [3.8, 4) is 5.75 Å². The molecule has 0 saturated carbocycles. The second-order valence-corrected chi connectivity index (χ2v) is 7.93. The lowest BCUT2D eigenvalue weighted by Crippen LogP contribution is -2.19. The second kappa shape index (κ2) is 8.29. The third-order valence-corrected chi connectivity index (χ3v) is 3.85. The zero-order valence-electron chi connectivity index (χ0n) is 13.6. The number of hydrogen-bond donors (Lipinski definition) is 1. The molecule has 0 radical (unpaired) electrons.